The molecule has 1 heterocycles. The first-order chi connectivity index (χ1) is 15.4. The molecule has 0 spiro atoms. The Morgan fingerprint density at radius 1 is 0.938 bits per heavy atom. The number of halogens is 3. The minimum absolute atomic E-state index is 0.0771. The van der Waals surface area contributed by atoms with Gasteiger partial charge in [-0.1, -0.05) is 48.5 Å². The van der Waals surface area contributed by atoms with Crippen molar-refractivity contribution in [1.82, 2.24) is 0 Å². The predicted molar refractivity (Wildman–Crippen MR) is 113 cm³/mol. The number of ether oxygens (including phenoxy) is 2. The first kappa shape index (κ1) is 21.4. The van der Waals surface area contributed by atoms with Crippen molar-refractivity contribution < 1.29 is 27.4 Å². The molecule has 1 N–H and O–H groups in total. The Morgan fingerprint density at radius 3 is 2.19 bits per heavy atom. The second-order valence-electron chi connectivity index (χ2n) is 7.11. The number of hydrogen-bond acceptors (Lipinski definition) is 4. The Morgan fingerprint density at radius 2 is 1.56 bits per heavy atom. The van der Waals surface area contributed by atoms with Crippen molar-refractivity contribution in [3.63, 3.8) is 0 Å². The molecule has 1 aliphatic heterocycles. The maximum atomic E-state index is 12.7. The molecule has 0 saturated carbocycles. The van der Waals surface area contributed by atoms with Gasteiger partial charge in [0, 0.05) is 11.3 Å². The maximum Gasteiger partial charge on any atom is 0.416 e. The number of aliphatic imine (C=N–C) groups is 1. The lowest BCUT2D eigenvalue weighted by atomic mass is 10.0. The highest BCUT2D eigenvalue weighted by Gasteiger charge is 2.33. The number of carbonyl (C=O) groups is 1. The molecule has 0 bridgehead atoms. The number of nitrogens with one attached hydrogen (secondary N) is 1. The third kappa shape index (κ3) is 5.08. The molecule has 3 aromatic rings. The van der Waals surface area contributed by atoms with Crippen molar-refractivity contribution in [3.05, 3.63) is 102 Å². The zero-order valence-electron chi connectivity index (χ0n) is 16.8. The molecule has 0 radical (unpaired) electrons. The quantitative estimate of drug-likeness (QED) is 0.554. The van der Waals surface area contributed by atoms with E-state index in [4.69, 9.17) is 9.47 Å². The van der Waals surface area contributed by atoms with Crippen molar-refractivity contribution in [1.29, 1.82) is 0 Å². The molecule has 3 aromatic carbocycles. The van der Waals surface area contributed by atoms with Crippen molar-refractivity contribution in [2.75, 3.05) is 11.9 Å². The van der Waals surface area contributed by atoms with E-state index in [1.807, 2.05) is 60.7 Å². The normalized spacial score (nSPS) is 18.3. The summed E-state index contributed by atoms with van der Waals surface area (Å²) in [5, 5.41) is 2.45. The van der Waals surface area contributed by atoms with Gasteiger partial charge < -0.3 is 9.47 Å². The van der Waals surface area contributed by atoms with Gasteiger partial charge >= 0.3 is 12.3 Å². The lowest BCUT2D eigenvalue weighted by Crippen LogP contribution is -2.36. The zero-order chi connectivity index (χ0) is 22.6. The van der Waals surface area contributed by atoms with Crippen LogP contribution in [0.25, 0.3) is 0 Å². The minimum atomic E-state index is -4.45. The fourth-order valence-electron chi connectivity index (χ4n) is 3.30. The average molecular weight is 440 g/mol. The second kappa shape index (κ2) is 9.13. The summed E-state index contributed by atoms with van der Waals surface area (Å²) < 4.78 is 49.4. The largest absolute Gasteiger partial charge is 0.473 e. The topological polar surface area (TPSA) is 59.9 Å². The molecular weight excluding hydrogens is 421 g/mol. The van der Waals surface area contributed by atoms with Crippen LogP contribution in [0.1, 0.15) is 22.7 Å². The molecule has 32 heavy (non-hydrogen) atoms. The monoisotopic (exact) mass is 440 g/mol. The van der Waals surface area contributed by atoms with Crippen LogP contribution >= 0.6 is 0 Å². The van der Waals surface area contributed by atoms with E-state index in [1.54, 1.807) is 0 Å². The van der Waals surface area contributed by atoms with Gasteiger partial charge in [0.25, 0.3) is 0 Å². The first-order valence-electron chi connectivity index (χ1n) is 9.86. The van der Waals surface area contributed by atoms with Gasteiger partial charge in [-0.3, -0.25) is 5.32 Å². The number of carbonyl (C=O) groups excluding carboxylic acids is 1. The summed E-state index contributed by atoms with van der Waals surface area (Å²) in [6, 6.07) is 22.4. The summed E-state index contributed by atoms with van der Waals surface area (Å²) in [6.45, 7) is 0.0771. The molecule has 0 aliphatic carbocycles. The number of benzene rings is 3. The summed E-state index contributed by atoms with van der Waals surface area (Å²) in [6.07, 6.45) is -5.98. The van der Waals surface area contributed by atoms with Gasteiger partial charge in [-0.2, -0.15) is 13.2 Å². The van der Waals surface area contributed by atoms with Crippen molar-refractivity contribution in [2.45, 2.75) is 18.3 Å². The second-order valence-corrected chi connectivity index (χ2v) is 7.11. The highest BCUT2D eigenvalue weighted by molar-refractivity contribution is 5.94. The van der Waals surface area contributed by atoms with E-state index in [9.17, 15) is 18.0 Å². The van der Waals surface area contributed by atoms with Crippen molar-refractivity contribution in [2.24, 2.45) is 4.99 Å². The van der Waals surface area contributed by atoms with Crippen molar-refractivity contribution >= 4 is 17.7 Å². The Kier molecular flexibility index (Phi) is 6.11. The summed E-state index contributed by atoms with van der Waals surface area (Å²) >= 11 is 0. The summed E-state index contributed by atoms with van der Waals surface area (Å²) in [4.78, 5) is 17.1. The number of nitrogens with zero attached hydrogens (tertiary/aromatic N) is 1. The van der Waals surface area contributed by atoms with Gasteiger partial charge in [0.15, 0.2) is 6.10 Å². The van der Waals surface area contributed by atoms with Gasteiger partial charge in [-0.05, 0) is 42.0 Å². The Balaban J connectivity index is 1.50. The van der Waals surface area contributed by atoms with Crippen LogP contribution in [0.3, 0.4) is 0 Å². The Bertz CT molecular complexity index is 1080. The predicted octanol–water partition coefficient (Wildman–Crippen LogP) is 5.84. The van der Waals surface area contributed by atoms with Crippen LogP contribution in [0.15, 0.2) is 89.9 Å². The highest BCUT2D eigenvalue weighted by atomic mass is 19.4. The number of alkyl halides is 3. The van der Waals surface area contributed by atoms with E-state index in [0.717, 1.165) is 23.3 Å². The van der Waals surface area contributed by atoms with Gasteiger partial charge in [-0.25, -0.2) is 9.79 Å². The fourth-order valence-corrected chi connectivity index (χ4v) is 3.30. The van der Waals surface area contributed by atoms with E-state index < -0.39 is 30.0 Å². The van der Waals surface area contributed by atoms with Crippen LogP contribution < -0.4 is 5.32 Å². The Hall–Kier alpha value is -3.81. The molecule has 164 valence electrons. The average Bonchev–Trinajstić information content (AvgIpc) is 2.80. The van der Waals surface area contributed by atoms with Crippen molar-refractivity contribution in [3.8, 4) is 0 Å². The number of rotatable bonds is 4. The standard InChI is InChI=1S/C24H19F3N2O3/c25-24(26,27)18-11-13-19(14-12-18)28-23(30)32-20-15-31-22(17-9-5-2-6-10-17)29-21(20)16-7-3-1-4-8-16/h1-14,20-21H,15H2,(H,28,30). The highest BCUT2D eigenvalue weighted by Crippen LogP contribution is 2.31. The van der Waals surface area contributed by atoms with Gasteiger partial charge in [0.05, 0.1) is 5.56 Å². The molecular formula is C24H19F3N2O3. The van der Waals surface area contributed by atoms with Gasteiger partial charge in [-0.15, -0.1) is 0 Å². The SMILES string of the molecule is O=C(Nc1ccc(C(F)(F)F)cc1)OC1COC(c2ccccc2)=NC1c1ccccc1. The van der Waals surface area contributed by atoms with Crippen LogP contribution in [-0.4, -0.2) is 24.7 Å². The number of anilines is 1. The third-order valence-electron chi connectivity index (χ3n) is 4.87. The fraction of sp³-hybridized carbons (Fsp3) is 0.167. The first-order valence-corrected chi connectivity index (χ1v) is 9.86. The van der Waals surface area contributed by atoms with E-state index in [0.29, 0.717) is 5.90 Å². The molecule has 5 nitrogen and oxygen atoms in total. The summed E-state index contributed by atoms with van der Waals surface area (Å²) in [5.41, 5.74) is 1.03. The molecule has 2 unspecified atom stereocenters. The summed E-state index contributed by atoms with van der Waals surface area (Å²) in [5.74, 6) is 0.447. The van der Waals surface area contributed by atoms with Gasteiger partial charge in [0.1, 0.15) is 12.6 Å². The lowest BCUT2D eigenvalue weighted by molar-refractivity contribution is -0.137. The van der Waals surface area contributed by atoms with E-state index in [-0.39, 0.29) is 12.3 Å². The number of amides is 1. The van der Waals surface area contributed by atoms with Crippen LogP contribution in [0.2, 0.25) is 0 Å². The van der Waals surface area contributed by atoms with Crippen LogP contribution in [0.4, 0.5) is 23.7 Å². The molecule has 8 heteroatoms. The molecule has 4 rings (SSSR count). The van der Waals surface area contributed by atoms with E-state index in [1.165, 1.54) is 12.1 Å². The van der Waals surface area contributed by atoms with Crippen LogP contribution in [0, 0.1) is 0 Å². The lowest BCUT2D eigenvalue weighted by Gasteiger charge is -2.30. The third-order valence-corrected chi connectivity index (χ3v) is 4.87. The molecule has 1 aliphatic rings. The molecule has 0 aromatic heterocycles. The minimum Gasteiger partial charge on any atom is -0.473 e. The molecule has 1 amide bonds. The van der Waals surface area contributed by atoms with E-state index in [2.05, 4.69) is 10.3 Å². The van der Waals surface area contributed by atoms with Gasteiger partial charge in [0.2, 0.25) is 5.90 Å². The molecule has 0 saturated heterocycles. The molecule has 0 fully saturated rings. The Labute approximate surface area is 182 Å². The maximum absolute atomic E-state index is 12.7. The number of hydrogen-bond donors (Lipinski definition) is 1. The molecule has 2 atom stereocenters. The smallest absolute Gasteiger partial charge is 0.416 e. The van der Waals surface area contributed by atoms with Crippen LogP contribution in [-0.2, 0) is 15.7 Å². The van der Waals surface area contributed by atoms with E-state index >= 15 is 0 Å². The summed E-state index contributed by atoms with van der Waals surface area (Å²) in [7, 11) is 0. The zero-order valence-corrected chi connectivity index (χ0v) is 16.8. The van der Waals surface area contributed by atoms with Crippen LogP contribution in [0.5, 0.6) is 0 Å².